The van der Waals surface area contributed by atoms with Crippen LogP contribution >= 0.6 is 67.8 Å². The van der Waals surface area contributed by atoms with E-state index in [1.807, 2.05) is 67.8 Å². The van der Waals surface area contributed by atoms with Crippen molar-refractivity contribution in [1.29, 1.82) is 0 Å². The first kappa shape index (κ1) is 23.2. The van der Waals surface area contributed by atoms with Gasteiger partial charge in [-0.1, -0.05) is 0 Å². The summed E-state index contributed by atoms with van der Waals surface area (Å²) in [4.78, 5) is 24.5. The van der Waals surface area contributed by atoms with Crippen LogP contribution in [0, 0.1) is 10.7 Å². The number of amides is 2. The average molecular weight is 690 g/mol. The highest BCUT2D eigenvalue weighted by Crippen LogP contribution is 2.36. The third kappa shape index (κ3) is 5.13. The number of hydrogen-bond donors (Lipinski definition) is 6. The van der Waals surface area contributed by atoms with Crippen LogP contribution in [-0.4, -0.2) is 64.7 Å². The number of carbonyl (C=O) groups excluding carboxylic acids is 2. The van der Waals surface area contributed by atoms with E-state index in [2.05, 4.69) is 5.32 Å². The van der Waals surface area contributed by atoms with Crippen LogP contribution < -0.4 is 11.1 Å². The molecule has 2 amide bonds. The molecule has 0 heterocycles. The predicted octanol–water partition coefficient (Wildman–Crippen LogP) is -0.249. The number of aliphatic hydroxyl groups is 4. The summed E-state index contributed by atoms with van der Waals surface area (Å²) < 4.78 is 1.24. The second kappa shape index (κ2) is 10.5. The van der Waals surface area contributed by atoms with Crippen molar-refractivity contribution in [2.75, 3.05) is 26.4 Å². The fourth-order valence-corrected chi connectivity index (χ4v) is 7.17. The minimum Gasteiger partial charge on any atom is -0.396 e. The van der Waals surface area contributed by atoms with Crippen LogP contribution in [0.4, 0.5) is 0 Å². The number of nitrogens with two attached hydrogens (primary N) is 1. The Morgan fingerprint density at radius 2 is 1.36 bits per heavy atom. The van der Waals surface area contributed by atoms with E-state index in [4.69, 9.17) is 15.9 Å². The summed E-state index contributed by atoms with van der Waals surface area (Å²) in [5, 5.41) is 39.8. The van der Waals surface area contributed by atoms with Crippen LogP contribution in [0.1, 0.15) is 32.2 Å². The van der Waals surface area contributed by atoms with Gasteiger partial charge in [0.25, 0.3) is 11.8 Å². The molecule has 140 valence electrons. The highest BCUT2D eigenvalue weighted by atomic mass is 127. The van der Waals surface area contributed by atoms with Crippen molar-refractivity contribution in [1.82, 2.24) is 5.32 Å². The lowest BCUT2D eigenvalue weighted by molar-refractivity contribution is 0.0877. The van der Waals surface area contributed by atoms with E-state index < -0.39 is 37.0 Å². The molecular formula is C14H17I3N2O6. The molecule has 1 aromatic carbocycles. The Hall–Kier alpha value is 0.190. The number of primary amides is 1. The van der Waals surface area contributed by atoms with Crippen molar-refractivity contribution >= 4 is 79.6 Å². The maximum Gasteiger partial charge on any atom is 0.253 e. The number of benzene rings is 1. The Morgan fingerprint density at radius 1 is 0.880 bits per heavy atom. The number of rotatable bonds is 8. The van der Waals surface area contributed by atoms with E-state index in [-0.39, 0.29) is 24.3 Å². The summed E-state index contributed by atoms with van der Waals surface area (Å²) in [5.74, 6) is -2.03. The van der Waals surface area contributed by atoms with Crippen molar-refractivity contribution in [3.63, 3.8) is 0 Å². The van der Waals surface area contributed by atoms with Gasteiger partial charge in [-0.25, -0.2) is 0 Å². The molecule has 0 radical (unpaired) electrons. The summed E-state index contributed by atoms with van der Waals surface area (Å²) in [6.45, 7) is -1.66. The molecule has 0 atom stereocenters. The predicted molar refractivity (Wildman–Crippen MR) is 115 cm³/mol. The lowest BCUT2D eigenvalue weighted by Gasteiger charge is -2.23. The van der Waals surface area contributed by atoms with Crippen LogP contribution in [0.15, 0.2) is 0 Å². The lowest BCUT2D eigenvalue weighted by Crippen LogP contribution is -2.41. The molecular weight excluding hydrogens is 673 g/mol. The van der Waals surface area contributed by atoms with Gasteiger partial charge in [0.05, 0.1) is 43.6 Å². The fraction of sp³-hybridized carbons (Fsp3) is 0.429. The number of carbonyl (C=O) groups is 2. The van der Waals surface area contributed by atoms with Gasteiger partial charge in [-0.05, 0) is 73.3 Å². The zero-order chi connectivity index (χ0) is 19.3. The molecule has 25 heavy (non-hydrogen) atoms. The maximum absolute atomic E-state index is 12.6. The Labute approximate surface area is 185 Å². The zero-order valence-corrected chi connectivity index (χ0v) is 19.3. The third-order valence-electron chi connectivity index (χ3n) is 3.45. The first-order chi connectivity index (χ1) is 11.7. The number of nitrogens with one attached hydrogen (secondary N) is 1. The number of hydrogen-bond acceptors (Lipinski definition) is 6. The van der Waals surface area contributed by atoms with Crippen LogP contribution in [0.3, 0.4) is 0 Å². The molecule has 0 saturated heterocycles. The SMILES string of the molecule is NC(=O)c1c(I)c(C(=O)NC(CO)CO)c(I)c(C(CO)CO)c1I. The first-order valence-corrected chi connectivity index (χ1v) is 10.2. The van der Waals surface area contributed by atoms with Crippen molar-refractivity contribution < 1.29 is 30.0 Å². The summed E-state index contributed by atoms with van der Waals surface area (Å²) in [7, 11) is 0. The van der Waals surface area contributed by atoms with Gasteiger partial charge in [0.1, 0.15) is 0 Å². The van der Waals surface area contributed by atoms with Gasteiger partial charge in [0.15, 0.2) is 0 Å². The molecule has 0 fully saturated rings. The minimum absolute atomic E-state index is 0.123. The summed E-state index contributed by atoms with van der Waals surface area (Å²) in [6.07, 6.45) is 0. The normalized spacial score (nSPS) is 11.2. The second-order valence-corrected chi connectivity index (χ2v) is 8.30. The van der Waals surface area contributed by atoms with Gasteiger partial charge in [0, 0.05) is 16.6 Å². The fourth-order valence-electron chi connectivity index (χ4n) is 2.10. The molecule has 0 spiro atoms. The second-order valence-electron chi connectivity index (χ2n) is 5.07. The number of halogens is 3. The molecule has 0 aliphatic rings. The van der Waals surface area contributed by atoms with Gasteiger partial charge in [-0.15, -0.1) is 0 Å². The molecule has 0 unspecified atom stereocenters. The molecule has 0 saturated carbocycles. The Morgan fingerprint density at radius 3 is 1.76 bits per heavy atom. The molecule has 0 bridgehead atoms. The lowest BCUT2D eigenvalue weighted by atomic mass is 9.95. The van der Waals surface area contributed by atoms with E-state index in [9.17, 15) is 19.8 Å². The van der Waals surface area contributed by atoms with Gasteiger partial charge < -0.3 is 31.5 Å². The van der Waals surface area contributed by atoms with E-state index in [0.717, 1.165) is 0 Å². The Balaban J connectivity index is 3.66. The van der Waals surface area contributed by atoms with E-state index in [1.165, 1.54) is 0 Å². The van der Waals surface area contributed by atoms with E-state index in [1.54, 1.807) is 0 Å². The highest BCUT2D eigenvalue weighted by molar-refractivity contribution is 14.1. The van der Waals surface area contributed by atoms with Crippen molar-refractivity contribution in [3.05, 3.63) is 27.4 Å². The smallest absolute Gasteiger partial charge is 0.253 e. The van der Waals surface area contributed by atoms with Crippen molar-refractivity contribution in [3.8, 4) is 0 Å². The molecule has 0 aliphatic carbocycles. The molecule has 0 aromatic heterocycles. The van der Waals surface area contributed by atoms with E-state index in [0.29, 0.717) is 16.3 Å². The van der Waals surface area contributed by atoms with Crippen molar-refractivity contribution in [2.24, 2.45) is 5.73 Å². The Bertz CT molecular complexity index is 663. The van der Waals surface area contributed by atoms with Crippen molar-refractivity contribution in [2.45, 2.75) is 12.0 Å². The Kier molecular flexibility index (Phi) is 9.76. The molecule has 0 aliphatic heterocycles. The van der Waals surface area contributed by atoms with E-state index >= 15 is 0 Å². The van der Waals surface area contributed by atoms with Crippen LogP contribution in [0.2, 0.25) is 0 Å². The largest absolute Gasteiger partial charge is 0.396 e. The quantitative estimate of drug-likeness (QED) is 0.207. The highest BCUT2D eigenvalue weighted by Gasteiger charge is 2.30. The van der Waals surface area contributed by atoms with Gasteiger partial charge in [-0.2, -0.15) is 0 Å². The summed E-state index contributed by atoms with van der Waals surface area (Å²) >= 11 is 5.65. The standard InChI is InChI=1S/C14H17I3N2O6/c15-10-7(5(1-20)2-21)11(16)9(12(17)8(10)13(18)24)14(25)19-6(3-22)4-23/h5-6,20-23H,1-4H2,(H2,18,24)(H,19,25). The molecule has 11 heteroatoms. The monoisotopic (exact) mass is 690 g/mol. The molecule has 7 N–H and O–H groups in total. The first-order valence-electron chi connectivity index (χ1n) is 6.99. The molecule has 8 nitrogen and oxygen atoms in total. The number of aliphatic hydroxyl groups excluding tert-OH is 4. The maximum atomic E-state index is 12.6. The topological polar surface area (TPSA) is 153 Å². The van der Waals surface area contributed by atoms with Crippen LogP contribution in [0.25, 0.3) is 0 Å². The third-order valence-corrected chi connectivity index (χ3v) is 6.77. The van der Waals surface area contributed by atoms with Gasteiger partial charge >= 0.3 is 0 Å². The zero-order valence-electron chi connectivity index (χ0n) is 12.8. The molecule has 1 rings (SSSR count). The summed E-state index contributed by atoms with van der Waals surface area (Å²) in [6, 6.07) is -0.856. The molecule has 1 aromatic rings. The minimum atomic E-state index is -0.856. The van der Waals surface area contributed by atoms with Gasteiger partial charge in [0.2, 0.25) is 0 Å². The summed E-state index contributed by atoms with van der Waals surface area (Å²) in [5.41, 5.74) is 6.17. The van der Waals surface area contributed by atoms with Crippen LogP contribution in [0.5, 0.6) is 0 Å². The van der Waals surface area contributed by atoms with Crippen LogP contribution in [-0.2, 0) is 0 Å². The average Bonchev–Trinajstić information content (AvgIpc) is 2.55. The van der Waals surface area contributed by atoms with Gasteiger partial charge in [-0.3, -0.25) is 9.59 Å².